The van der Waals surface area contributed by atoms with Crippen molar-refractivity contribution in [3.8, 4) is 0 Å². The zero-order chi connectivity index (χ0) is 14.5. The highest BCUT2D eigenvalue weighted by molar-refractivity contribution is 5.25. The molecule has 2 heterocycles. The van der Waals surface area contributed by atoms with Gasteiger partial charge in [-0.15, -0.1) is 0 Å². The van der Waals surface area contributed by atoms with Gasteiger partial charge in [-0.2, -0.15) is 0 Å². The Bertz CT molecular complexity index is 423. The van der Waals surface area contributed by atoms with Crippen LogP contribution in [-0.4, -0.2) is 44.2 Å². The molecule has 1 aromatic carbocycles. The van der Waals surface area contributed by atoms with E-state index in [1.165, 1.54) is 50.1 Å². The molecule has 21 heavy (non-hydrogen) atoms. The van der Waals surface area contributed by atoms with Crippen LogP contribution < -0.4 is 10.6 Å². The van der Waals surface area contributed by atoms with Crippen LogP contribution in [0.4, 0.5) is 0 Å². The quantitative estimate of drug-likeness (QED) is 0.889. The van der Waals surface area contributed by atoms with Gasteiger partial charge in [-0.3, -0.25) is 4.90 Å². The van der Waals surface area contributed by atoms with Crippen molar-refractivity contribution in [1.82, 2.24) is 15.5 Å². The van der Waals surface area contributed by atoms with Crippen molar-refractivity contribution in [1.29, 1.82) is 0 Å². The summed E-state index contributed by atoms with van der Waals surface area (Å²) in [5, 5.41) is 7.05. The van der Waals surface area contributed by atoms with Gasteiger partial charge in [0.25, 0.3) is 0 Å². The number of rotatable bonds is 4. The van der Waals surface area contributed by atoms with E-state index in [-0.39, 0.29) is 0 Å². The smallest absolute Gasteiger partial charge is 0.0473 e. The fourth-order valence-electron chi connectivity index (χ4n) is 3.66. The Balaban J connectivity index is 1.67. The highest BCUT2D eigenvalue weighted by Gasteiger charge is 2.26. The third kappa shape index (κ3) is 3.85. The second-order valence-corrected chi connectivity index (χ2v) is 6.50. The zero-order valence-corrected chi connectivity index (χ0v) is 13.3. The van der Waals surface area contributed by atoms with Gasteiger partial charge in [-0.1, -0.05) is 31.2 Å². The van der Waals surface area contributed by atoms with Crippen molar-refractivity contribution in [3.63, 3.8) is 0 Å². The van der Waals surface area contributed by atoms with Gasteiger partial charge in [0, 0.05) is 32.2 Å². The fraction of sp³-hybridized carbons (Fsp3) is 0.667. The maximum absolute atomic E-state index is 3.58. The summed E-state index contributed by atoms with van der Waals surface area (Å²) >= 11 is 0. The normalized spacial score (nSPS) is 25.1. The van der Waals surface area contributed by atoms with Gasteiger partial charge < -0.3 is 10.6 Å². The number of benzene rings is 1. The summed E-state index contributed by atoms with van der Waals surface area (Å²) in [5.74, 6) is 0.877. The van der Waals surface area contributed by atoms with Crippen molar-refractivity contribution >= 4 is 0 Å². The monoisotopic (exact) mass is 287 g/mol. The molecule has 1 aromatic rings. The largest absolute Gasteiger partial charge is 0.317 e. The minimum absolute atomic E-state index is 0.555. The zero-order valence-electron chi connectivity index (χ0n) is 13.3. The molecule has 1 unspecified atom stereocenters. The summed E-state index contributed by atoms with van der Waals surface area (Å²) < 4.78 is 0. The number of piperidine rings is 1. The molecule has 3 nitrogen and oxygen atoms in total. The molecule has 2 aliphatic rings. The molecular weight excluding hydrogens is 258 g/mol. The molecule has 116 valence electrons. The Morgan fingerprint density at radius 3 is 2.52 bits per heavy atom. The summed E-state index contributed by atoms with van der Waals surface area (Å²) in [6.45, 7) is 9.30. The first-order valence-electron chi connectivity index (χ1n) is 8.61. The predicted molar refractivity (Wildman–Crippen MR) is 88.6 cm³/mol. The molecule has 2 aliphatic heterocycles. The van der Waals surface area contributed by atoms with Crippen molar-refractivity contribution in [2.75, 3.05) is 39.3 Å². The van der Waals surface area contributed by atoms with E-state index in [0.29, 0.717) is 6.04 Å². The summed E-state index contributed by atoms with van der Waals surface area (Å²) in [6, 6.07) is 9.83. The molecule has 2 fully saturated rings. The first kappa shape index (κ1) is 15.0. The molecule has 3 rings (SSSR count). The van der Waals surface area contributed by atoms with Gasteiger partial charge in [0.05, 0.1) is 0 Å². The highest BCUT2D eigenvalue weighted by atomic mass is 15.2. The first-order chi connectivity index (χ1) is 10.4. The standard InChI is InChI=1S/C18H29N3/c1-2-15-3-5-17(6-4-15)18-13-20-11-12-21(18)14-16-7-9-19-10-8-16/h3-6,16,18-20H,2,7-14H2,1H3. The van der Waals surface area contributed by atoms with E-state index in [1.54, 1.807) is 0 Å². The molecular formula is C18H29N3. The molecule has 0 aromatic heterocycles. The Kier molecular flexibility index (Phi) is 5.28. The van der Waals surface area contributed by atoms with E-state index in [4.69, 9.17) is 0 Å². The van der Waals surface area contributed by atoms with Crippen LogP contribution >= 0.6 is 0 Å². The van der Waals surface area contributed by atoms with Crippen LogP contribution in [0, 0.1) is 5.92 Å². The Morgan fingerprint density at radius 2 is 1.81 bits per heavy atom. The second-order valence-electron chi connectivity index (χ2n) is 6.50. The maximum Gasteiger partial charge on any atom is 0.0473 e. The van der Waals surface area contributed by atoms with E-state index in [9.17, 15) is 0 Å². The van der Waals surface area contributed by atoms with Crippen LogP contribution in [-0.2, 0) is 6.42 Å². The van der Waals surface area contributed by atoms with Gasteiger partial charge in [0.2, 0.25) is 0 Å². The van der Waals surface area contributed by atoms with Gasteiger partial charge in [0.1, 0.15) is 0 Å². The van der Waals surface area contributed by atoms with Gasteiger partial charge in [-0.05, 0) is 49.4 Å². The van der Waals surface area contributed by atoms with Crippen LogP contribution in [0.2, 0.25) is 0 Å². The van der Waals surface area contributed by atoms with Crippen LogP contribution in [0.3, 0.4) is 0 Å². The van der Waals surface area contributed by atoms with E-state index < -0.39 is 0 Å². The third-order valence-electron chi connectivity index (χ3n) is 5.08. The van der Waals surface area contributed by atoms with Crippen molar-refractivity contribution in [2.24, 2.45) is 5.92 Å². The number of hydrogen-bond acceptors (Lipinski definition) is 3. The number of nitrogens with one attached hydrogen (secondary N) is 2. The van der Waals surface area contributed by atoms with Crippen LogP contribution in [0.25, 0.3) is 0 Å². The molecule has 1 atom stereocenters. The number of nitrogens with zero attached hydrogens (tertiary/aromatic N) is 1. The molecule has 0 amide bonds. The molecule has 0 spiro atoms. The van der Waals surface area contributed by atoms with Gasteiger partial charge >= 0.3 is 0 Å². The molecule has 3 heteroatoms. The topological polar surface area (TPSA) is 27.3 Å². The van der Waals surface area contributed by atoms with Crippen molar-refractivity contribution in [3.05, 3.63) is 35.4 Å². The van der Waals surface area contributed by atoms with E-state index in [1.807, 2.05) is 0 Å². The average molecular weight is 287 g/mol. The summed E-state index contributed by atoms with van der Waals surface area (Å²) in [7, 11) is 0. The summed E-state index contributed by atoms with van der Waals surface area (Å²) in [5.41, 5.74) is 2.92. The van der Waals surface area contributed by atoms with E-state index in [0.717, 1.165) is 25.4 Å². The summed E-state index contributed by atoms with van der Waals surface area (Å²) in [6.07, 6.45) is 3.80. The van der Waals surface area contributed by atoms with Crippen LogP contribution in [0.5, 0.6) is 0 Å². The molecule has 0 radical (unpaired) electrons. The maximum atomic E-state index is 3.58. The Labute approximate surface area is 129 Å². The number of piperazine rings is 1. The second kappa shape index (κ2) is 7.39. The minimum Gasteiger partial charge on any atom is -0.317 e. The number of aryl methyl sites for hydroxylation is 1. The number of hydrogen-bond donors (Lipinski definition) is 2. The molecule has 0 aliphatic carbocycles. The van der Waals surface area contributed by atoms with Crippen molar-refractivity contribution in [2.45, 2.75) is 32.2 Å². The first-order valence-corrected chi connectivity index (χ1v) is 8.61. The fourth-order valence-corrected chi connectivity index (χ4v) is 3.66. The lowest BCUT2D eigenvalue weighted by Gasteiger charge is -2.39. The van der Waals surface area contributed by atoms with Gasteiger partial charge in [0.15, 0.2) is 0 Å². The van der Waals surface area contributed by atoms with Crippen LogP contribution in [0.1, 0.15) is 36.9 Å². The van der Waals surface area contributed by atoms with Crippen molar-refractivity contribution < 1.29 is 0 Å². The molecule has 0 bridgehead atoms. The molecule has 2 saturated heterocycles. The highest BCUT2D eigenvalue weighted by Crippen LogP contribution is 2.25. The summed E-state index contributed by atoms with van der Waals surface area (Å²) in [4.78, 5) is 2.72. The lowest BCUT2D eigenvalue weighted by atomic mass is 9.94. The molecule has 0 saturated carbocycles. The van der Waals surface area contributed by atoms with E-state index in [2.05, 4.69) is 46.7 Å². The Morgan fingerprint density at radius 1 is 1.05 bits per heavy atom. The van der Waals surface area contributed by atoms with Gasteiger partial charge in [-0.25, -0.2) is 0 Å². The third-order valence-corrected chi connectivity index (χ3v) is 5.08. The predicted octanol–water partition coefficient (Wildman–Crippen LogP) is 2.19. The lowest BCUT2D eigenvalue weighted by molar-refractivity contribution is 0.126. The SMILES string of the molecule is CCc1ccc(C2CNCCN2CC2CCNCC2)cc1. The average Bonchev–Trinajstić information content (AvgIpc) is 2.56. The molecule has 2 N–H and O–H groups in total. The minimum atomic E-state index is 0.555. The van der Waals surface area contributed by atoms with E-state index >= 15 is 0 Å². The van der Waals surface area contributed by atoms with Crippen LogP contribution in [0.15, 0.2) is 24.3 Å². The Hall–Kier alpha value is -0.900. The lowest BCUT2D eigenvalue weighted by Crippen LogP contribution is -2.48.